The van der Waals surface area contributed by atoms with Crippen molar-refractivity contribution in [3.63, 3.8) is 0 Å². The van der Waals surface area contributed by atoms with E-state index in [0.717, 1.165) is 41.2 Å². The van der Waals surface area contributed by atoms with Gasteiger partial charge in [-0.2, -0.15) is 0 Å². The molecule has 3 aromatic rings. The molecular formula is C23H25NO3. The van der Waals surface area contributed by atoms with Crippen LogP contribution in [-0.4, -0.2) is 10.3 Å². The number of rotatable bonds is 6. The molecule has 4 heteroatoms. The average molecular weight is 363 g/mol. The molecule has 0 amide bonds. The fourth-order valence-corrected chi connectivity index (χ4v) is 3.76. The summed E-state index contributed by atoms with van der Waals surface area (Å²) >= 11 is 0. The molecule has 0 radical (unpaired) electrons. The summed E-state index contributed by atoms with van der Waals surface area (Å²) in [6.45, 7) is 0.348. The lowest BCUT2D eigenvalue weighted by Gasteiger charge is -2.26. The van der Waals surface area contributed by atoms with Crippen LogP contribution < -0.4 is 4.74 Å². The van der Waals surface area contributed by atoms with E-state index in [1.54, 1.807) is 0 Å². The number of hydrogen-bond acceptors (Lipinski definition) is 4. The lowest BCUT2D eigenvalue weighted by Crippen LogP contribution is -2.15. The van der Waals surface area contributed by atoms with E-state index in [1.807, 2.05) is 60.7 Å². The van der Waals surface area contributed by atoms with Crippen molar-refractivity contribution in [2.45, 2.75) is 44.8 Å². The highest BCUT2D eigenvalue weighted by Crippen LogP contribution is 2.34. The van der Waals surface area contributed by atoms with Crippen LogP contribution in [0.2, 0.25) is 0 Å². The Balaban J connectivity index is 1.34. The zero-order chi connectivity index (χ0) is 18.5. The fourth-order valence-electron chi connectivity index (χ4n) is 3.76. The highest BCUT2D eigenvalue weighted by atomic mass is 16.5. The zero-order valence-electron chi connectivity index (χ0n) is 15.4. The topological polar surface area (TPSA) is 55.5 Å². The van der Waals surface area contributed by atoms with Crippen molar-refractivity contribution in [2.75, 3.05) is 0 Å². The fraction of sp³-hybridized carbons (Fsp3) is 0.348. The summed E-state index contributed by atoms with van der Waals surface area (Å²) in [5.74, 6) is 1.89. The summed E-state index contributed by atoms with van der Waals surface area (Å²) in [7, 11) is 0. The highest BCUT2D eigenvalue weighted by molar-refractivity contribution is 5.56. The summed E-state index contributed by atoms with van der Waals surface area (Å²) in [6.07, 6.45) is 5.62. The molecule has 1 unspecified atom stereocenters. The standard InChI is InChI=1S/C23H25NO3/c25-23(18-9-5-2-6-10-18)19-11-13-21(14-12-19)26-16-20-15-22(27-24-20)17-7-3-1-4-8-17/h1,3-4,7-8,11-15,18,23,25H,2,5-6,9-10,16H2. The second kappa shape index (κ2) is 8.40. The van der Waals surface area contributed by atoms with Gasteiger partial charge in [-0.05, 0) is 36.5 Å². The maximum absolute atomic E-state index is 10.6. The minimum absolute atomic E-state index is 0.348. The van der Waals surface area contributed by atoms with E-state index in [9.17, 15) is 5.11 Å². The number of hydrogen-bond donors (Lipinski definition) is 1. The van der Waals surface area contributed by atoms with Gasteiger partial charge in [-0.25, -0.2) is 0 Å². The molecule has 4 nitrogen and oxygen atoms in total. The van der Waals surface area contributed by atoms with Crippen LogP contribution in [0.15, 0.2) is 65.2 Å². The second-order valence-corrected chi connectivity index (χ2v) is 7.25. The average Bonchev–Trinajstić information content (AvgIpc) is 3.22. The summed E-state index contributed by atoms with van der Waals surface area (Å²) in [5.41, 5.74) is 2.72. The number of ether oxygens (including phenoxy) is 1. The first-order chi connectivity index (χ1) is 13.3. The summed E-state index contributed by atoms with van der Waals surface area (Å²) in [4.78, 5) is 0. The van der Waals surface area contributed by atoms with Crippen LogP contribution in [0.1, 0.15) is 49.5 Å². The Morgan fingerprint density at radius 1 is 1.00 bits per heavy atom. The van der Waals surface area contributed by atoms with E-state index in [1.165, 1.54) is 19.3 Å². The number of benzene rings is 2. The Bertz CT molecular complexity index is 836. The molecule has 0 saturated heterocycles. The normalized spacial score (nSPS) is 16.2. The van der Waals surface area contributed by atoms with Crippen molar-refractivity contribution in [1.29, 1.82) is 0 Å². The van der Waals surface area contributed by atoms with Gasteiger partial charge >= 0.3 is 0 Å². The van der Waals surface area contributed by atoms with Gasteiger partial charge in [-0.1, -0.05) is 66.9 Å². The van der Waals surface area contributed by atoms with E-state index < -0.39 is 0 Å². The predicted molar refractivity (Wildman–Crippen MR) is 104 cm³/mol. The van der Waals surface area contributed by atoms with Gasteiger partial charge in [0.25, 0.3) is 0 Å². The van der Waals surface area contributed by atoms with Crippen LogP contribution in [0.25, 0.3) is 11.3 Å². The number of aliphatic hydroxyl groups is 1. The van der Waals surface area contributed by atoms with Crippen molar-refractivity contribution in [1.82, 2.24) is 5.16 Å². The van der Waals surface area contributed by atoms with Crippen LogP contribution in [0.5, 0.6) is 5.75 Å². The van der Waals surface area contributed by atoms with Gasteiger partial charge in [0, 0.05) is 11.6 Å². The largest absolute Gasteiger partial charge is 0.487 e. The van der Waals surface area contributed by atoms with Gasteiger partial charge in [0.05, 0.1) is 6.10 Å². The molecule has 4 rings (SSSR count). The second-order valence-electron chi connectivity index (χ2n) is 7.25. The Kier molecular flexibility index (Phi) is 5.54. The minimum atomic E-state index is -0.372. The first-order valence-electron chi connectivity index (χ1n) is 9.71. The third-order valence-corrected chi connectivity index (χ3v) is 5.32. The maximum atomic E-state index is 10.6. The summed E-state index contributed by atoms with van der Waals surface area (Å²) in [6, 6.07) is 19.5. The van der Waals surface area contributed by atoms with Gasteiger partial charge in [-0.3, -0.25) is 0 Å². The molecule has 140 valence electrons. The van der Waals surface area contributed by atoms with Crippen molar-refractivity contribution in [3.8, 4) is 17.1 Å². The van der Waals surface area contributed by atoms with Gasteiger partial charge in [0.1, 0.15) is 18.1 Å². The molecule has 2 aromatic carbocycles. The van der Waals surface area contributed by atoms with Crippen molar-refractivity contribution in [2.24, 2.45) is 5.92 Å². The molecule has 0 bridgehead atoms. The molecule has 1 heterocycles. The molecular weight excluding hydrogens is 338 g/mol. The summed E-state index contributed by atoms with van der Waals surface area (Å²) < 4.78 is 11.2. The van der Waals surface area contributed by atoms with Crippen molar-refractivity contribution in [3.05, 3.63) is 71.9 Å². The monoisotopic (exact) mass is 363 g/mol. The van der Waals surface area contributed by atoms with E-state index >= 15 is 0 Å². The molecule has 1 fully saturated rings. The van der Waals surface area contributed by atoms with E-state index in [2.05, 4.69) is 5.16 Å². The van der Waals surface area contributed by atoms with Crippen molar-refractivity contribution < 1.29 is 14.4 Å². The molecule has 1 aliphatic carbocycles. The van der Waals surface area contributed by atoms with E-state index in [-0.39, 0.29) is 6.10 Å². The Morgan fingerprint density at radius 3 is 2.48 bits per heavy atom. The van der Waals surface area contributed by atoms with Crippen LogP contribution in [0, 0.1) is 5.92 Å². The molecule has 1 N–H and O–H groups in total. The first kappa shape index (κ1) is 17.8. The molecule has 1 atom stereocenters. The van der Waals surface area contributed by atoms with Crippen LogP contribution in [-0.2, 0) is 6.61 Å². The molecule has 1 aromatic heterocycles. The Labute approximate surface area is 159 Å². The summed E-state index contributed by atoms with van der Waals surface area (Å²) in [5, 5.41) is 14.7. The van der Waals surface area contributed by atoms with Gasteiger partial charge in [-0.15, -0.1) is 0 Å². The Hall–Kier alpha value is -2.59. The minimum Gasteiger partial charge on any atom is -0.487 e. The zero-order valence-corrected chi connectivity index (χ0v) is 15.4. The molecule has 27 heavy (non-hydrogen) atoms. The number of aliphatic hydroxyl groups excluding tert-OH is 1. The third-order valence-electron chi connectivity index (χ3n) is 5.32. The molecule has 1 saturated carbocycles. The lowest BCUT2D eigenvalue weighted by molar-refractivity contribution is 0.0848. The smallest absolute Gasteiger partial charge is 0.167 e. The maximum Gasteiger partial charge on any atom is 0.167 e. The predicted octanol–water partition coefficient (Wildman–Crippen LogP) is 5.53. The third kappa shape index (κ3) is 4.40. The van der Waals surface area contributed by atoms with E-state index in [0.29, 0.717) is 12.5 Å². The van der Waals surface area contributed by atoms with Crippen molar-refractivity contribution >= 4 is 0 Å². The SMILES string of the molecule is OC(c1ccc(OCc2cc(-c3ccccc3)on2)cc1)C1CCCCC1. The number of nitrogens with zero attached hydrogens (tertiary/aromatic N) is 1. The van der Waals surface area contributed by atoms with Crippen LogP contribution in [0.4, 0.5) is 0 Å². The van der Waals surface area contributed by atoms with E-state index in [4.69, 9.17) is 9.26 Å². The number of aromatic nitrogens is 1. The molecule has 1 aliphatic rings. The van der Waals surface area contributed by atoms with Gasteiger partial charge in [0.2, 0.25) is 0 Å². The quantitative estimate of drug-likeness (QED) is 0.625. The molecule has 0 spiro atoms. The molecule has 0 aliphatic heterocycles. The lowest BCUT2D eigenvalue weighted by atomic mass is 9.83. The van der Waals surface area contributed by atoms with Crippen LogP contribution >= 0.6 is 0 Å². The first-order valence-corrected chi connectivity index (χ1v) is 9.71. The van der Waals surface area contributed by atoms with Gasteiger partial charge < -0.3 is 14.4 Å². The Morgan fingerprint density at radius 2 is 1.74 bits per heavy atom. The van der Waals surface area contributed by atoms with Crippen LogP contribution in [0.3, 0.4) is 0 Å². The van der Waals surface area contributed by atoms with Gasteiger partial charge in [0.15, 0.2) is 5.76 Å². The highest BCUT2D eigenvalue weighted by Gasteiger charge is 2.22.